The van der Waals surface area contributed by atoms with E-state index in [1.165, 1.54) is 25.7 Å². The maximum absolute atomic E-state index is 13.3. The van der Waals surface area contributed by atoms with Gasteiger partial charge in [-0.05, 0) is 13.0 Å². The van der Waals surface area contributed by atoms with Gasteiger partial charge in [-0.3, -0.25) is 47.6 Å². The quantitative estimate of drug-likeness (QED) is 0.0199. The van der Waals surface area contributed by atoms with Crippen LogP contribution in [0.1, 0.15) is 27.2 Å². The van der Waals surface area contributed by atoms with Crippen molar-refractivity contribution in [3.63, 3.8) is 0 Å². The van der Waals surface area contributed by atoms with Crippen molar-refractivity contribution in [2.75, 3.05) is 152 Å². The van der Waals surface area contributed by atoms with Gasteiger partial charge in [0.2, 0.25) is 35.4 Å². The van der Waals surface area contributed by atoms with Crippen LogP contribution in [0.15, 0.2) is 0 Å². The lowest BCUT2D eigenvalue weighted by molar-refractivity contribution is -0.272. The first-order valence-electron chi connectivity index (χ1n) is 27.5. The number of phosphoric ester groups is 1. The maximum Gasteiger partial charge on any atom is 0.471 e. The average Bonchev–Trinajstić information content (AvgIpc) is 2.48. The Balaban J connectivity index is 1.55. The smallest absolute Gasteiger partial charge is 0.394 e. The Morgan fingerprint density at radius 3 is 1.08 bits per heavy atom. The molecule has 3 rings (SSSR count). The first kappa shape index (κ1) is 75.4. The van der Waals surface area contributed by atoms with Crippen molar-refractivity contribution in [3.05, 3.63) is 0 Å². The lowest BCUT2D eigenvalue weighted by Crippen LogP contribution is -2.64. The predicted octanol–water partition coefficient (Wildman–Crippen LogP) is -9.98. The molecule has 37 heteroatoms. The van der Waals surface area contributed by atoms with Gasteiger partial charge in [0.05, 0.1) is 106 Å². The number of carbonyl (C=O) groups excluding carboxylic acids is 6. The van der Waals surface area contributed by atoms with E-state index in [1.807, 2.05) is 0 Å². The Morgan fingerprint density at radius 1 is 0.459 bits per heavy atom. The van der Waals surface area contributed by atoms with Crippen molar-refractivity contribution >= 4 is 43.3 Å². The fourth-order valence-electron chi connectivity index (χ4n) is 8.72. The molecule has 16 atom stereocenters. The summed E-state index contributed by atoms with van der Waals surface area (Å²) in [6.45, 7) is 0.272. The number of rotatable bonds is 42. The second-order valence-electron chi connectivity index (χ2n) is 19.6. The molecule has 36 nitrogen and oxygen atoms in total. The van der Waals surface area contributed by atoms with E-state index >= 15 is 0 Å². The number of phosphoric acid groups is 1. The van der Waals surface area contributed by atoms with Crippen LogP contribution in [0.25, 0.3) is 0 Å². The Hall–Kier alpha value is -3.87. The number of aliphatic hydroxyl groups is 9. The van der Waals surface area contributed by atoms with Gasteiger partial charge in [-0.25, -0.2) is 4.57 Å². The molecule has 3 heterocycles. The van der Waals surface area contributed by atoms with E-state index in [9.17, 15) is 84.2 Å². The zero-order chi connectivity index (χ0) is 63.1. The van der Waals surface area contributed by atoms with E-state index in [0.717, 1.165) is 7.11 Å². The number of nitrogens with one attached hydrogen (secondary N) is 6. The first-order valence-corrected chi connectivity index (χ1v) is 29.0. The van der Waals surface area contributed by atoms with Crippen LogP contribution < -0.4 is 31.9 Å². The van der Waals surface area contributed by atoms with Crippen molar-refractivity contribution in [2.45, 2.75) is 119 Å². The standard InChI is InChI=1S/C48H89N8O28P/c1-28(60)52-37-43(69)40(66)31(25-57)82-46(37)78-19-16-75-12-6-49-34(63)22-55(11-15-81-85(72,73)74-4)9-5-10-56(23-35(64)50-7-13-76-17-20-79-47-38(53-29(2)61)44(70)41(67)32(26-58)83-47)24-36(65)51-8-14-77-18-21-80-48-39(54-30(3)62)45(71)42(68)33(27-59)84-48/h31-33,37-48,57-59,66-71H,5-27H2,1-4H3,(H,49,63)(H,50,64)(H,51,65)(H,52,60)(H,53,61)(H,54,62)(H,72,73). The first-order chi connectivity index (χ1) is 40.4. The highest BCUT2D eigenvalue weighted by Crippen LogP contribution is 2.41. The molecule has 0 spiro atoms. The largest absolute Gasteiger partial charge is 0.471 e. The number of hydrogen-bond donors (Lipinski definition) is 16. The SMILES string of the molecule is COP(=O)(O)OCCN(CCCN(CC(=O)NCCOCCOC1OC(CO)C(O)C(O)C1NC(C)=O)CC(=O)NCCOCCOC1OC(CO)C(O)C(O)C1NC(C)=O)CC(=O)NCCOCCOC1OC(CO)C(O)C(O)C1NC(C)=O. The van der Waals surface area contributed by atoms with E-state index < -0.39 is 155 Å². The van der Waals surface area contributed by atoms with Crippen LogP contribution in [0.2, 0.25) is 0 Å². The minimum absolute atomic E-state index is 0.00516. The fraction of sp³-hybridized carbons (Fsp3) is 0.875. The molecule has 6 amide bonds. The van der Waals surface area contributed by atoms with Crippen LogP contribution in [0.5, 0.6) is 0 Å². The molecule has 3 aliphatic heterocycles. The zero-order valence-electron chi connectivity index (χ0n) is 48.1. The molecule has 85 heavy (non-hydrogen) atoms. The molecule has 3 aliphatic rings. The Labute approximate surface area is 490 Å². The molecular formula is C48H89N8O28P. The molecular weight excluding hydrogens is 1170 g/mol. The third kappa shape index (κ3) is 28.0. The molecule has 0 aromatic carbocycles. The van der Waals surface area contributed by atoms with Gasteiger partial charge in [-0.1, -0.05) is 0 Å². The second kappa shape index (κ2) is 40.6. The molecule has 0 saturated carbocycles. The fourth-order valence-corrected chi connectivity index (χ4v) is 9.14. The predicted molar refractivity (Wildman–Crippen MR) is 286 cm³/mol. The van der Waals surface area contributed by atoms with Crippen LogP contribution >= 0.6 is 7.82 Å². The lowest BCUT2D eigenvalue weighted by atomic mass is 9.97. The monoisotopic (exact) mass is 1260 g/mol. The number of ether oxygens (including phenoxy) is 9. The maximum atomic E-state index is 13.3. The summed E-state index contributed by atoms with van der Waals surface area (Å²) in [5.41, 5.74) is 0. The highest BCUT2D eigenvalue weighted by Gasteiger charge is 2.48. The number of amides is 6. The van der Waals surface area contributed by atoms with Crippen LogP contribution in [0.3, 0.4) is 0 Å². The van der Waals surface area contributed by atoms with Crippen molar-refractivity contribution in [1.29, 1.82) is 0 Å². The summed E-state index contributed by atoms with van der Waals surface area (Å²) in [7, 11) is -3.42. The average molecular weight is 1260 g/mol. The minimum Gasteiger partial charge on any atom is -0.394 e. The highest BCUT2D eigenvalue weighted by atomic mass is 31.2. The van der Waals surface area contributed by atoms with E-state index in [2.05, 4.69) is 36.4 Å². The van der Waals surface area contributed by atoms with Gasteiger partial charge in [0.1, 0.15) is 73.1 Å². The molecule has 494 valence electrons. The molecule has 0 aliphatic carbocycles. The van der Waals surface area contributed by atoms with Crippen molar-refractivity contribution in [1.82, 2.24) is 41.7 Å². The summed E-state index contributed by atoms with van der Waals surface area (Å²) in [4.78, 5) is 87.7. The van der Waals surface area contributed by atoms with Crippen molar-refractivity contribution in [3.8, 4) is 0 Å². The highest BCUT2D eigenvalue weighted by molar-refractivity contribution is 7.47. The summed E-state index contributed by atoms with van der Waals surface area (Å²) < 4.78 is 71.6. The van der Waals surface area contributed by atoms with Gasteiger partial charge in [0, 0.05) is 60.6 Å². The van der Waals surface area contributed by atoms with E-state index in [4.69, 9.17) is 47.2 Å². The normalized spacial score (nSPS) is 28.5. The van der Waals surface area contributed by atoms with Gasteiger partial charge >= 0.3 is 7.82 Å². The van der Waals surface area contributed by atoms with E-state index in [1.54, 1.807) is 4.90 Å². The molecule has 0 aromatic rings. The van der Waals surface area contributed by atoms with E-state index in [0.29, 0.717) is 0 Å². The number of aliphatic hydroxyl groups excluding tert-OH is 9. The number of nitrogens with zero attached hydrogens (tertiary/aromatic N) is 2. The third-order valence-corrected chi connectivity index (χ3v) is 13.9. The van der Waals surface area contributed by atoms with Crippen LogP contribution in [-0.2, 0) is 85.0 Å². The minimum atomic E-state index is -4.40. The second-order valence-corrected chi connectivity index (χ2v) is 21.2. The third-order valence-electron chi connectivity index (χ3n) is 12.9. The summed E-state index contributed by atoms with van der Waals surface area (Å²) in [5, 5.41) is 106. The Bertz CT molecular complexity index is 1950. The molecule has 0 aromatic heterocycles. The molecule has 16 unspecified atom stereocenters. The van der Waals surface area contributed by atoms with Gasteiger partial charge < -0.3 is 125 Å². The van der Waals surface area contributed by atoms with Crippen molar-refractivity contribution < 1.29 is 136 Å². The number of carbonyl (C=O) groups is 6. The topological polar surface area (TPSA) is 502 Å². The molecule has 0 bridgehead atoms. The summed E-state index contributed by atoms with van der Waals surface area (Å²) >= 11 is 0. The lowest BCUT2D eigenvalue weighted by Gasteiger charge is -2.42. The Kier molecular flexibility index (Phi) is 36.0. The summed E-state index contributed by atoms with van der Waals surface area (Å²) in [5.74, 6) is -3.09. The summed E-state index contributed by atoms with van der Waals surface area (Å²) in [6.07, 6.45) is -16.0. The van der Waals surface area contributed by atoms with Gasteiger partial charge in [0.25, 0.3) is 0 Å². The molecule has 16 N–H and O–H groups in total. The van der Waals surface area contributed by atoms with Gasteiger partial charge in [0.15, 0.2) is 18.9 Å². The Morgan fingerprint density at radius 2 is 0.776 bits per heavy atom. The van der Waals surface area contributed by atoms with Crippen molar-refractivity contribution in [2.24, 2.45) is 0 Å². The van der Waals surface area contributed by atoms with Crippen LogP contribution in [0.4, 0.5) is 0 Å². The van der Waals surface area contributed by atoms with E-state index in [-0.39, 0.29) is 131 Å². The molecule has 3 fully saturated rings. The zero-order valence-corrected chi connectivity index (χ0v) is 49.0. The van der Waals surface area contributed by atoms with Crippen LogP contribution in [-0.4, -0.2) is 340 Å². The van der Waals surface area contributed by atoms with Gasteiger partial charge in [-0.2, -0.15) is 0 Å². The van der Waals surface area contributed by atoms with Crippen LogP contribution in [0, 0.1) is 0 Å². The number of hydrogen-bond acceptors (Lipinski definition) is 29. The van der Waals surface area contributed by atoms with Gasteiger partial charge in [-0.15, -0.1) is 0 Å². The molecule has 3 saturated heterocycles. The summed E-state index contributed by atoms with van der Waals surface area (Å²) in [6, 6.07) is -3.46. The molecule has 0 radical (unpaired) electrons.